The molecule has 1 aromatic heterocycles. The lowest BCUT2D eigenvalue weighted by atomic mass is 10.2. The molecule has 2 saturated carbocycles. The van der Waals surface area contributed by atoms with Crippen molar-refractivity contribution < 1.29 is 9.47 Å². The van der Waals surface area contributed by atoms with Crippen molar-refractivity contribution in [1.82, 2.24) is 19.2 Å². The van der Waals surface area contributed by atoms with E-state index in [9.17, 15) is 0 Å². The van der Waals surface area contributed by atoms with Crippen LogP contribution in [0.15, 0.2) is 0 Å². The van der Waals surface area contributed by atoms with Crippen LogP contribution in [0.5, 0.6) is 0 Å². The molecule has 156 valence electrons. The van der Waals surface area contributed by atoms with Crippen LogP contribution in [0.25, 0.3) is 0 Å². The predicted octanol–water partition coefficient (Wildman–Crippen LogP) is 2.79. The molecule has 8 heteroatoms. The lowest BCUT2D eigenvalue weighted by Crippen LogP contribution is -2.38. The Bertz CT molecular complexity index is 713. The topological polar surface area (TPSA) is 47.7 Å². The molecule has 3 heterocycles. The van der Waals surface area contributed by atoms with Gasteiger partial charge in [-0.3, -0.25) is 9.47 Å². The summed E-state index contributed by atoms with van der Waals surface area (Å²) in [7, 11) is 0. The molecule has 0 bridgehead atoms. The van der Waals surface area contributed by atoms with Gasteiger partial charge in [-0.2, -0.15) is 0 Å². The van der Waals surface area contributed by atoms with Crippen molar-refractivity contribution in [2.24, 2.45) is 0 Å². The first-order chi connectivity index (χ1) is 13.8. The Morgan fingerprint density at radius 3 is 2.39 bits per heavy atom. The lowest BCUT2D eigenvalue weighted by Gasteiger charge is -2.28. The fourth-order valence-corrected chi connectivity index (χ4v) is 5.25. The maximum Gasteiger partial charge on any atom is 0.226 e. The molecule has 2 aliphatic carbocycles. The molecule has 1 unspecified atom stereocenters. The van der Waals surface area contributed by atoms with Crippen LogP contribution in [0.3, 0.4) is 0 Å². The molecule has 1 aromatic rings. The Labute approximate surface area is 172 Å². The van der Waals surface area contributed by atoms with Crippen molar-refractivity contribution in [3.8, 4) is 0 Å². The number of morpholine rings is 1. The minimum absolute atomic E-state index is 0.263. The van der Waals surface area contributed by atoms with E-state index in [1.807, 2.05) is 0 Å². The maximum absolute atomic E-state index is 5.94. The Balaban J connectivity index is 1.41. The lowest BCUT2D eigenvalue weighted by molar-refractivity contribution is 0.0953. The summed E-state index contributed by atoms with van der Waals surface area (Å²) in [4.78, 5) is 5.02. The normalized spacial score (nSPS) is 26.6. The summed E-state index contributed by atoms with van der Waals surface area (Å²) in [6, 6.07) is 1.45. The molecule has 0 amide bonds. The molecule has 5 rings (SSSR count). The van der Waals surface area contributed by atoms with Gasteiger partial charge in [0.05, 0.1) is 32.5 Å². The van der Waals surface area contributed by atoms with Gasteiger partial charge in [0.15, 0.2) is 0 Å². The number of hydrogen-bond acceptors (Lipinski definition) is 6. The van der Waals surface area contributed by atoms with Gasteiger partial charge in [-0.1, -0.05) is 12.8 Å². The fourth-order valence-electron chi connectivity index (χ4n) is 5.00. The maximum atomic E-state index is 5.94. The van der Waals surface area contributed by atoms with Crippen molar-refractivity contribution in [2.45, 2.75) is 82.8 Å². The molecule has 0 aromatic carbocycles. The molecule has 7 nitrogen and oxygen atoms in total. The second kappa shape index (κ2) is 8.42. The highest BCUT2D eigenvalue weighted by Crippen LogP contribution is 2.35. The third kappa shape index (κ3) is 4.01. The standard InChI is InChI=1S/C20H33N5O2S/c28-20-23(14-18-6-3-11-27-18)19(22-9-12-26-13-10-22)21-25(20)15-24(17-7-8-17)16-4-1-2-5-16/h16-18H,1-15H2. The van der Waals surface area contributed by atoms with Gasteiger partial charge in [-0.15, -0.1) is 5.10 Å². The first-order valence-corrected chi connectivity index (χ1v) is 11.6. The number of ether oxygens (including phenoxy) is 2. The van der Waals surface area contributed by atoms with E-state index in [0.29, 0.717) is 6.04 Å². The van der Waals surface area contributed by atoms with Crippen LogP contribution < -0.4 is 4.90 Å². The number of anilines is 1. The number of hydrogen-bond donors (Lipinski definition) is 0. The summed E-state index contributed by atoms with van der Waals surface area (Å²) in [5.74, 6) is 1.01. The van der Waals surface area contributed by atoms with Crippen LogP contribution in [0.2, 0.25) is 0 Å². The van der Waals surface area contributed by atoms with Crippen molar-refractivity contribution in [1.29, 1.82) is 0 Å². The van der Waals surface area contributed by atoms with Crippen LogP contribution >= 0.6 is 12.2 Å². The highest BCUT2D eigenvalue weighted by molar-refractivity contribution is 7.71. The quantitative estimate of drug-likeness (QED) is 0.648. The van der Waals surface area contributed by atoms with E-state index in [2.05, 4.69) is 19.0 Å². The highest BCUT2D eigenvalue weighted by Gasteiger charge is 2.36. The van der Waals surface area contributed by atoms with Crippen LogP contribution in [-0.2, 0) is 22.7 Å². The molecule has 4 aliphatic rings. The summed E-state index contributed by atoms with van der Waals surface area (Å²) >= 11 is 5.94. The van der Waals surface area contributed by atoms with E-state index in [0.717, 1.165) is 75.7 Å². The molecular formula is C20H33N5O2S. The van der Waals surface area contributed by atoms with Crippen molar-refractivity contribution in [2.75, 3.05) is 37.8 Å². The molecule has 2 saturated heterocycles. The van der Waals surface area contributed by atoms with Crippen LogP contribution in [0.1, 0.15) is 51.4 Å². The van der Waals surface area contributed by atoms with E-state index in [1.54, 1.807) is 0 Å². The molecular weight excluding hydrogens is 374 g/mol. The second-order valence-corrected chi connectivity index (χ2v) is 9.12. The predicted molar refractivity (Wildman–Crippen MR) is 110 cm³/mol. The zero-order chi connectivity index (χ0) is 18.9. The van der Waals surface area contributed by atoms with Crippen LogP contribution in [0.4, 0.5) is 5.95 Å². The third-order valence-corrected chi connectivity index (χ3v) is 7.15. The highest BCUT2D eigenvalue weighted by atomic mass is 32.1. The van der Waals surface area contributed by atoms with Crippen molar-refractivity contribution in [3.63, 3.8) is 0 Å². The van der Waals surface area contributed by atoms with E-state index >= 15 is 0 Å². The van der Waals surface area contributed by atoms with Gasteiger partial charge >= 0.3 is 0 Å². The SMILES string of the molecule is S=c1n(CN(C2CCCC2)C2CC2)nc(N2CCOCC2)n1CC1CCCO1. The molecule has 1 atom stereocenters. The average Bonchev–Trinajstić information content (AvgIpc) is 3.10. The largest absolute Gasteiger partial charge is 0.378 e. The molecule has 0 radical (unpaired) electrons. The number of rotatable bonds is 7. The van der Waals surface area contributed by atoms with E-state index < -0.39 is 0 Å². The first kappa shape index (κ1) is 19.0. The summed E-state index contributed by atoms with van der Waals surface area (Å²) in [6.45, 7) is 5.81. The number of aromatic nitrogens is 3. The smallest absolute Gasteiger partial charge is 0.226 e. The van der Waals surface area contributed by atoms with Gasteiger partial charge in [0.25, 0.3) is 0 Å². The third-order valence-electron chi connectivity index (χ3n) is 6.71. The summed E-state index contributed by atoms with van der Waals surface area (Å²) in [5, 5.41) is 5.05. The zero-order valence-corrected chi connectivity index (χ0v) is 17.6. The van der Waals surface area contributed by atoms with Crippen LogP contribution in [0, 0.1) is 4.77 Å². The summed E-state index contributed by atoms with van der Waals surface area (Å²) < 4.78 is 16.6. The van der Waals surface area contributed by atoms with Gasteiger partial charge < -0.3 is 14.4 Å². The molecule has 2 aliphatic heterocycles. The van der Waals surface area contributed by atoms with E-state index in [-0.39, 0.29) is 6.10 Å². The summed E-state index contributed by atoms with van der Waals surface area (Å²) in [6.07, 6.45) is 10.6. The number of nitrogens with zero attached hydrogens (tertiary/aromatic N) is 5. The van der Waals surface area contributed by atoms with Gasteiger partial charge in [-0.25, -0.2) is 4.68 Å². The van der Waals surface area contributed by atoms with Crippen molar-refractivity contribution in [3.05, 3.63) is 4.77 Å². The van der Waals surface area contributed by atoms with Gasteiger partial charge in [0.2, 0.25) is 10.7 Å². The minimum Gasteiger partial charge on any atom is -0.378 e. The zero-order valence-electron chi connectivity index (χ0n) is 16.8. The Kier molecular flexibility index (Phi) is 5.72. The van der Waals surface area contributed by atoms with Crippen LogP contribution in [-0.4, -0.2) is 70.3 Å². The van der Waals surface area contributed by atoms with Gasteiger partial charge in [-0.05, 0) is 50.7 Å². The summed E-state index contributed by atoms with van der Waals surface area (Å²) in [5.41, 5.74) is 0. The van der Waals surface area contributed by atoms with E-state index in [1.165, 1.54) is 38.5 Å². The fraction of sp³-hybridized carbons (Fsp3) is 0.900. The minimum atomic E-state index is 0.263. The second-order valence-electron chi connectivity index (χ2n) is 8.75. The Morgan fingerprint density at radius 2 is 1.71 bits per heavy atom. The van der Waals surface area contributed by atoms with Gasteiger partial charge in [0, 0.05) is 31.8 Å². The molecule has 4 fully saturated rings. The molecule has 28 heavy (non-hydrogen) atoms. The Hall–Kier alpha value is -0.960. The monoisotopic (exact) mass is 407 g/mol. The first-order valence-electron chi connectivity index (χ1n) is 11.2. The van der Waals surface area contributed by atoms with E-state index in [4.69, 9.17) is 26.8 Å². The van der Waals surface area contributed by atoms with Gasteiger partial charge in [0.1, 0.15) is 0 Å². The molecule has 0 N–H and O–H groups in total. The average molecular weight is 408 g/mol. The van der Waals surface area contributed by atoms with Crippen molar-refractivity contribution >= 4 is 18.2 Å². The Morgan fingerprint density at radius 1 is 0.964 bits per heavy atom. The molecule has 0 spiro atoms.